The summed E-state index contributed by atoms with van der Waals surface area (Å²) in [7, 11) is 0. The second-order valence-electron chi connectivity index (χ2n) is 7.14. The lowest BCUT2D eigenvalue weighted by molar-refractivity contribution is -0.129. The summed E-state index contributed by atoms with van der Waals surface area (Å²) < 4.78 is 5.34. The van der Waals surface area contributed by atoms with Gasteiger partial charge in [0.15, 0.2) is 5.96 Å². The number of benzene rings is 1. The van der Waals surface area contributed by atoms with Gasteiger partial charge in [-0.1, -0.05) is 18.2 Å². The van der Waals surface area contributed by atoms with Gasteiger partial charge >= 0.3 is 0 Å². The van der Waals surface area contributed by atoms with Gasteiger partial charge in [-0.25, -0.2) is 4.99 Å². The number of halogens is 1. The summed E-state index contributed by atoms with van der Waals surface area (Å²) in [6.45, 7) is 8.64. The van der Waals surface area contributed by atoms with Crippen LogP contribution in [-0.2, 0) is 9.53 Å². The Balaban J connectivity index is 0.00000300. The number of carbonyl (C=O) groups excluding carboxylic acids is 1. The second kappa shape index (κ2) is 12.9. The van der Waals surface area contributed by atoms with Crippen molar-refractivity contribution in [1.29, 1.82) is 0 Å². The molecule has 3 rings (SSSR count). The van der Waals surface area contributed by atoms with Gasteiger partial charge in [0, 0.05) is 51.5 Å². The average molecular weight is 516 g/mol. The van der Waals surface area contributed by atoms with Gasteiger partial charge in [-0.2, -0.15) is 0 Å². The minimum atomic E-state index is 0. The number of rotatable bonds is 7. The summed E-state index contributed by atoms with van der Waals surface area (Å²) in [5.74, 6) is 0.379. The molecule has 29 heavy (non-hydrogen) atoms. The van der Waals surface area contributed by atoms with Crippen LogP contribution in [0, 0.1) is 0 Å². The average Bonchev–Trinajstić information content (AvgIpc) is 2.76. The number of morpholine rings is 1. The van der Waals surface area contributed by atoms with Crippen LogP contribution in [0.1, 0.15) is 6.42 Å². The van der Waals surface area contributed by atoms with E-state index in [2.05, 4.69) is 32.2 Å². The van der Waals surface area contributed by atoms with Crippen molar-refractivity contribution in [2.75, 3.05) is 77.0 Å². The van der Waals surface area contributed by atoms with Crippen LogP contribution in [0.2, 0.25) is 0 Å². The van der Waals surface area contributed by atoms with E-state index in [9.17, 15) is 4.79 Å². The summed E-state index contributed by atoms with van der Waals surface area (Å²) in [4.78, 5) is 23.1. The maximum atomic E-state index is 12.4. The van der Waals surface area contributed by atoms with Gasteiger partial charge in [0.1, 0.15) is 6.54 Å². The summed E-state index contributed by atoms with van der Waals surface area (Å²) in [5.41, 5.74) is 7.10. The lowest BCUT2D eigenvalue weighted by Gasteiger charge is -2.36. The Kier molecular flexibility index (Phi) is 10.5. The van der Waals surface area contributed by atoms with Crippen LogP contribution in [0.5, 0.6) is 0 Å². The summed E-state index contributed by atoms with van der Waals surface area (Å²) >= 11 is 0. The molecule has 0 aromatic heterocycles. The van der Waals surface area contributed by atoms with E-state index in [-0.39, 0.29) is 36.4 Å². The van der Waals surface area contributed by atoms with Crippen LogP contribution in [0.3, 0.4) is 0 Å². The quantitative estimate of drug-likeness (QED) is 0.239. The molecule has 1 amide bonds. The van der Waals surface area contributed by atoms with E-state index in [0.29, 0.717) is 5.96 Å². The third-order valence-corrected chi connectivity index (χ3v) is 5.20. The monoisotopic (exact) mass is 516 g/mol. The van der Waals surface area contributed by atoms with E-state index in [1.54, 1.807) is 0 Å². The van der Waals surface area contributed by atoms with Gasteiger partial charge in [-0.15, -0.1) is 24.0 Å². The molecule has 0 radical (unpaired) electrons. The Bertz CT molecular complexity index is 631. The van der Waals surface area contributed by atoms with Crippen LogP contribution in [0.25, 0.3) is 0 Å². The van der Waals surface area contributed by atoms with E-state index in [4.69, 9.17) is 10.5 Å². The van der Waals surface area contributed by atoms with Crippen molar-refractivity contribution in [3.8, 4) is 0 Å². The van der Waals surface area contributed by atoms with Crippen LogP contribution >= 0.6 is 24.0 Å². The number of ether oxygens (including phenoxy) is 1. The van der Waals surface area contributed by atoms with Gasteiger partial charge in [-0.3, -0.25) is 9.69 Å². The largest absolute Gasteiger partial charge is 0.379 e. The molecule has 3 N–H and O–H groups in total. The standard InChI is InChI=1S/C20H32N6O2.HI/c21-20(22-7-4-8-24-13-15-28-16-14-24)23-17-19(27)26-11-9-25(10-12-26)18-5-2-1-3-6-18;/h1-3,5-6H,4,7-17H2,(H3,21,22,23);1H. The third-order valence-electron chi connectivity index (χ3n) is 5.20. The fourth-order valence-electron chi connectivity index (χ4n) is 3.51. The Morgan fingerprint density at radius 3 is 2.45 bits per heavy atom. The number of carbonyl (C=O) groups is 1. The lowest BCUT2D eigenvalue weighted by Crippen LogP contribution is -2.49. The zero-order valence-electron chi connectivity index (χ0n) is 17.0. The van der Waals surface area contributed by atoms with Gasteiger partial charge in [0.25, 0.3) is 0 Å². The Morgan fingerprint density at radius 1 is 1.07 bits per heavy atom. The predicted molar refractivity (Wildman–Crippen MR) is 127 cm³/mol. The summed E-state index contributed by atoms with van der Waals surface area (Å²) in [5, 5.41) is 3.10. The number of piperazine rings is 1. The highest BCUT2D eigenvalue weighted by Gasteiger charge is 2.20. The van der Waals surface area contributed by atoms with E-state index in [1.165, 1.54) is 5.69 Å². The molecule has 2 aliphatic heterocycles. The molecule has 8 nitrogen and oxygen atoms in total. The fourth-order valence-corrected chi connectivity index (χ4v) is 3.51. The van der Waals surface area contributed by atoms with Gasteiger partial charge < -0.3 is 25.6 Å². The van der Waals surface area contributed by atoms with E-state index in [1.807, 2.05) is 23.1 Å². The Hall–Kier alpha value is -1.59. The number of hydrogen-bond acceptors (Lipinski definition) is 5. The smallest absolute Gasteiger partial charge is 0.244 e. The first kappa shape index (κ1) is 23.7. The van der Waals surface area contributed by atoms with Crippen molar-refractivity contribution in [2.45, 2.75) is 6.42 Å². The predicted octanol–water partition coefficient (Wildman–Crippen LogP) is 0.580. The van der Waals surface area contributed by atoms with Crippen molar-refractivity contribution in [3.63, 3.8) is 0 Å². The number of nitrogens with one attached hydrogen (secondary N) is 1. The highest BCUT2D eigenvalue weighted by molar-refractivity contribution is 14.0. The molecule has 0 aliphatic carbocycles. The zero-order valence-corrected chi connectivity index (χ0v) is 19.3. The fraction of sp³-hybridized carbons (Fsp3) is 0.600. The molecule has 2 fully saturated rings. The first-order valence-corrected chi connectivity index (χ1v) is 10.1. The second-order valence-corrected chi connectivity index (χ2v) is 7.14. The van der Waals surface area contributed by atoms with Crippen LogP contribution in [0.4, 0.5) is 5.69 Å². The summed E-state index contributed by atoms with van der Waals surface area (Å²) in [6, 6.07) is 10.3. The molecular formula is C20H33IN6O2. The zero-order chi connectivity index (χ0) is 19.6. The van der Waals surface area contributed by atoms with Crippen molar-refractivity contribution < 1.29 is 9.53 Å². The highest BCUT2D eigenvalue weighted by atomic mass is 127. The number of para-hydroxylation sites is 1. The third kappa shape index (κ3) is 7.98. The van der Waals surface area contributed by atoms with Crippen LogP contribution < -0.4 is 16.0 Å². The number of anilines is 1. The SMILES string of the molecule is I.NC(=NCC(=O)N1CCN(c2ccccc2)CC1)NCCCN1CCOCC1. The normalized spacial score (nSPS) is 18.3. The van der Waals surface area contributed by atoms with Gasteiger partial charge in [-0.05, 0) is 25.1 Å². The van der Waals surface area contributed by atoms with Gasteiger partial charge in [0.05, 0.1) is 13.2 Å². The molecule has 162 valence electrons. The van der Waals surface area contributed by atoms with Crippen LogP contribution in [0.15, 0.2) is 35.3 Å². The van der Waals surface area contributed by atoms with Crippen molar-refractivity contribution in [3.05, 3.63) is 30.3 Å². The molecular weight excluding hydrogens is 483 g/mol. The van der Waals surface area contributed by atoms with E-state index >= 15 is 0 Å². The molecule has 2 heterocycles. The van der Waals surface area contributed by atoms with Crippen molar-refractivity contribution in [1.82, 2.24) is 15.1 Å². The topological polar surface area (TPSA) is 86.4 Å². The van der Waals surface area contributed by atoms with Crippen molar-refractivity contribution >= 4 is 41.5 Å². The maximum Gasteiger partial charge on any atom is 0.244 e. The molecule has 1 aromatic carbocycles. The van der Waals surface area contributed by atoms with Crippen molar-refractivity contribution in [2.24, 2.45) is 10.7 Å². The van der Waals surface area contributed by atoms with Gasteiger partial charge in [0.2, 0.25) is 5.91 Å². The number of nitrogens with zero attached hydrogens (tertiary/aromatic N) is 4. The number of nitrogens with two attached hydrogens (primary N) is 1. The molecule has 0 spiro atoms. The maximum absolute atomic E-state index is 12.4. The lowest BCUT2D eigenvalue weighted by atomic mass is 10.2. The molecule has 0 saturated carbocycles. The number of aliphatic imine (C=N–C) groups is 1. The molecule has 0 atom stereocenters. The molecule has 1 aromatic rings. The molecule has 9 heteroatoms. The first-order valence-electron chi connectivity index (χ1n) is 10.1. The number of guanidine groups is 1. The van der Waals surface area contributed by atoms with E-state index in [0.717, 1.165) is 72.0 Å². The molecule has 2 aliphatic rings. The molecule has 0 bridgehead atoms. The minimum absolute atomic E-state index is 0. The Labute approximate surface area is 190 Å². The molecule has 0 unspecified atom stereocenters. The van der Waals surface area contributed by atoms with Crippen LogP contribution in [-0.4, -0.2) is 93.8 Å². The minimum Gasteiger partial charge on any atom is -0.379 e. The molecule has 2 saturated heterocycles. The highest BCUT2D eigenvalue weighted by Crippen LogP contribution is 2.15. The number of amides is 1. The number of hydrogen-bond donors (Lipinski definition) is 2. The first-order chi connectivity index (χ1) is 13.7. The van der Waals surface area contributed by atoms with E-state index < -0.39 is 0 Å². The summed E-state index contributed by atoms with van der Waals surface area (Å²) in [6.07, 6.45) is 0.992. The Morgan fingerprint density at radius 2 is 1.76 bits per heavy atom.